The minimum Gasteiger partial charge on any atom is -0.326 e. The SMILES string of the molecule is C.CC(=O)Nc1ccc(CCC(C)C)cc1.CC(C)CCc1ccc(S(C)(=O)=O)cc1.Cc1ccc(CCC(C)C)cc1. The van der Waals surface area contributed by atoms with Gasteiger partial charge < -0.3 is 5.32 Å². The highest BCUT2D eigenvalue weighted by Crippen LogP contribution is 2.15. The van der Waals surface area contributed by atoms with Crippen molar-refractivity contribution in [2.75, 3.05) is 11.6 Å². The van der Waals surface area contributed by atoms with Crippen molar-refractivity contribution < 1.29 is 13.2 Å². The molecule has 240 valence electrons. The number of hydrogen-bond donors (Lipinski definition) is 1. The van der Waals surface area contributed by atoms with Gasteiger partial charge in [0, 0.05) is 18.9 Å². The van der Waals surface area contributed by atoms with E-state index in [1.807, 2.05) is 24.3 Å². The standard InChI is InChI=1S/C13H19NO.C12H18O2S.C12H18.CH4/c1-10(2)4-5-12-6-8-13(9-7-12)14-11(3)15;1-10(2)4-5-11-6-8-12(9-7-11)15(3,13)14;1-10(2)4-7-12-8-5-11(3)6-9-12;/h6-10H,4-5H2,1-3H3,(H,14,15);6-10H,4-5H2,1-3H3;5-6,8-10H,4,7H2,1-3H3;1H4. The summed E-state index contributed by atoms with van der Waals surface area (Å²) in [6, 6.07) is 24.1. The number of benzene rings is 3. The van der Waals surface area contributed by atoms with E-state index in [4.69, 9.17) is 0 Å². The zero-order valence-electron chi connectivity index (χ0n) is 27.5. The van der Waals surface area contributed by atoms with E-state index in [0.29, 0.717) is 10.8 Å². The van der Waals surface area contributed by atoms with Gasteiger partial charge in [-0.05, 0) is 104 Å². The van der Waals surface area contributed by atoms with Crippen molar-refractivity contribution in [2.45, 2.75) is 106 Å². The minimum absolute atomic E-state index is 0. The Balaban J connectivity index is 0.000000613. The quantitative estimate of drug-likeness (QED) is 0.235. The Hall–Kier alpha value is -2.92. The summed E-state index contributed by atoms with van der Waals surface area (Å²) >= 11 is 0. The van der Waals surface area contributed by atoms with E-state index >= 15 is 0 Å². The Labute approximate surface area is 264 Å². The first-order chi connectivity index (χ1) is 19.6. The molecule has 0 saturated carbocycles. The molecular formula is C38H59NO3S. The molecule has 0 spiro atoms. The summed E-state index contributed by atoms with van der Waals surface area (Å²) in [6.45, 7) is 17.0. The van der Waals surface area contributed by atoms with Crippen LogP contribution in [0.5, 0.6) is 0 Å². The smallest absolute Gasteiger partial charge is 0.221 e. The topological polar surface area (TPSA) is 63.2 Å². The summed E-state index contributed by atoms with van der Waals surface area (Å²) in [5.74, 6) is 2.20. The summed E-state index contributed by atoms with van der Waals surface area (Å²) in [6.07, 6.45) is 8.22. The van der Waals surface area contributed by atoms with Crippen LogP contribution in [0.25, 0.3) is 0 Å². The highest BCUT2D eigenvalue weighted by molar-refractivity contribution is 7.90. The molecule has 43 heavy (non-hydrogen) atoms. The number of carbonyl (C=O) groups excluding carboxylic acids is 1. The van der Waals surface area contributed by atoms with E-state index in [0.717, 1.165) is 36.8 Å². The maximum absolute atomic E-state index is 11.2. The van der Waals surface area contributed by atoms with Crippen LogP contribution in [0.2, 0.25) is 0 Å². The minimum atomic E-state index is -3.05. The van der Waals surface area contributed by atoms with Crippen LogP contribution < -0.4 is 5.32 Å². The Morgan fingerprint density at radius 2 is 0.953 bits per heavy atom. The third kappa shape index (κ3) is 19.8. The van der Waals surface area contributed by atoms with Crippen LogP contribution in [0, 0.1) is 24.7 Å². The average molecular weight is 610 g/mol. The van der Waals surface area contributed by atoms with Gasteiger partial charge in [-0.3, -0.25) is 4.79 Å². The first kappa shape index (κ1) is 40.1. The second-order valence-corrected chi connectivity index (χ2v) is 14.6. The summed E-state index contributed by atoms with van der Waals surface area (Å²) in [7, 11) is -3.05. The molecule has 3 aromatic rings. The monoisotopic (exact) mass is 609 g/mol. The van der Waals surface area contributed by atoms with Crippen molar-refractivity contribution in [3.05, 3.63) is 95.1 Å². The van der Waals surface area contributed by atoms with Crippen LogP contribution in [0.15, 0.2) is 77.7 Å². The molecule has 0 aliphatic carbocycles. The molecule has 4 nitrogen and oxygen atoms in total. The molecule has 1 N–H and O–H groups in total. The predicted molar refractivity (Wildman–Crippen MR) is 188 cm³/mol. The Morgan fingerprint density at radius 1 is 0.628 bits per heavy atom. The highest BCUT2D eigenvalue weighted by Gasteiger charge is 2.06. The lowest BCUT2D eigenvalue weighted by atomic mass is 10.0. The molecule has 1 amide bonds. The number of amides is 1. The van der Waals surface area contributed by atoms with E-state index in [2.05, 4.69) is 90.2 Å². The van der Waals surface area contributed by atoms with Gasteiger partial charge in [-0.25, -0.2) is 8.42 Å². The summed E-state index contributed by atoms with van der Waals surface area (Å²) in [4.78, 5) is 11.2. The first-order valence-corrected chi connectivity index (χ1v) is 17.3. The molecule has 0 fully saturated rings. The van der Waals surface area contributed by atoms with Crippen LogP contribution >= 0.6 is 0 Å². The van der Waals surface area contributed by atoms with Gasteiger partial charge in [0.25, 0.3) is 0 Å². The number of anilines is 1. The molecule has 0 aliphatic heterocycles. The third-order valence-corrected chi connectivity index (χ3v) is 7.91. The third-order valence-electron chi connectivity index (χ3n) is 6.78. The zero-order chi connectivity index (χ0) is 31.7. The van der Waals surface area contributed by atoms with Crippen molar-refractivity contribution in [3.8, 4) is 0 Å². The molecule has 3 aromatic carbocycles. The number of carbonyl (C=O) groups is 1. The molecular weight excluding hydrogens is 550 g/mol. The van der Waals surface area contributed by atoms with Gasteiger partial charge in [-0.2, -0.15) is 0 Å². The van der Waals surface area contributed by atoms with Gasteiger partial charge in [-0.15, -0.1) is 0 Å². The van der Waals surface area contributed by atoms with Crippen LogP contribution in [0.4, 0.5) is 5.69 Å². The Morgan fingerprint density at radius 3 is 1.26 bits per heavy atom. The first-order valence-electron chi connectivity index (χ1n) is 15.4. The van der Waals surface area contributed by atoms with Gasteiger partial charge in [0.15, 0.2) is 9.84 Å². The van der Waals surface area contributed by atoms with E-state index < -0.39 is 9.84 Å². The summed E-state index contributed by atoms with van der Waals surface area (Å²) in [5, 5.41) is 2.76. The van der Waals surface area contributed by atoms with Crippen LogP contribution in [0.1, 0.15) is 97.4 Å². The lowest BCUT2D eigenvalue weighted by molar-refractivity contribution is -0.114. The second kappa shape index (κ2) is 20.9. The lowest BCUT2D eigenvalue weighted by Gasteiger charge is -2.06. The van der Waals surface area contributed by atoms with Gasteiger partial charge >= 0.3 is 0 Å². The molecule has 0 radical (unpaired) electrons. The fraction of sp³-hybridized carbons (Fsp3) is 0.500. The molecule has 5 heteroatoms. The van der Waals surface area contributed by atoms with Crippen molar-refractivity contribution >= 4 is 21.4 Å². The normalized spacial score (nSPS) is 10.8. The molecule has 0 aromatic heterocycles. The molecule has 0 unspecified atom stereocenters. The largest absolute Gasteiger partial charge is 0.326 e. The number of hydrogen-bond acceptors (Lipinski definition) is 3. The van der Waals surface area contributed by atoms with Crippen LogP contribution in [-0.4, -0.2) is 20.6 Å². The van der Waals surface area contributed by atoms with Gasteiger partial charge in [-0.1, -0.05) is 103 Å². The van der Waals surface area contributed by atoms with Gasteiger partial charge in [0.2, 0.25) is 5.91 Å². The number of sulfone groups is 1. The van der Waals surface area contributed by atoms with Crippen molar-refractivity contribution in [3.63, 3.8) is 0 Å². The van der Waals surface area contributed by atoms with E-state index in [1.54, 1.807) is 12.1 Å². The second-order valence-electron chi connectivity index (χ2n) is 12.6. The van der Waals surface area contributed by atoms with Crippen molar-refractivity contribution in [2.24, 2.45) is 17.8 Å². The number of aryl methyl sites for hydroxylation is 4. The Bertz CT molecular complexity index is 1260. The average Bonchev–Trinajstić information content (AvgIpc) is 2.91. The molecule has 0 atom stereocenters. The van der Waals surface area contributed by atoms with E-state index in [-0.39, 0.29) is 13.3 Å². The van der Waals surface area contributed by atoms with Crippen molar-refractivity contribution in [1.82, 2.24) is 0 Å². The van der Waals surface area contributed by atoms with Crippen LogP contribution in [-0.2, 0) is 33.9 Å². The number of nitrogens with one attached hydrogen (secondary N) is 1. The fourth-order valence-electron chi connectivity index (χ4n) is 3.98. The molecule has 0 heterocycles. The van der Waals surface area contributed by atoms with E-state index in [9.17, 15) is 13.2 Å². The maximum Gasteiger partial charge on any atom is 0.221 e. The predicted octanol–water partition coefficient (Wildman–Crippen LogP) is 10.1. The maximum atomic E-state index is 11.2. The summed E-state index contributed by atoms with van der Waals surface area (Å²) < 4.78 is 22.4. The van der Waals surface area contributed by atoms with E-state index in [1.165, 1.54) is 54.7 Å². The lowest BCUT2D eigenvalue weighted by Crippen LogP contribution is -2.05. The number of rotatable bonds is 11. The van der Waals surface area contributed by atoms with Crippen molar-refractivity contribution in [1.29, 1.82) is 0 Å². The molecule has 0 saturated heterocycles. The summed E-state index contributed by atoms with van der Waals surface area (Å²) in [5.41, 5.74) is 6.22. The zero-order valence-corrected chi connectivity index (χ0v) is 28.4. The van der Waals surface area contributed by atoms with Gasteiger partial charge in [0.05, 0.1) is 4.90 Å². The highest BCUT2D eigenvalue weighted by atomic mass is 32.2. The molecule has 3 rings (SSSR count). The molecule has 0 aliphatic rings. The Kier molecular flexibility index (Phi) is 19.5. The van der Waals surface area contributed by atoms with Gasteiger partial charge in [0.1, 0.15) is 0 Å². The fourth-order valence-corrected chi connectivity index (χ4v) is 4.61. The molecule has 0 bridgehead atoms. The van der Waals surface area contributed by atoms with Crippen LogP contribution in [0.3, 0.4) is 0 Å².